The normalized spacial score (nSPS) is 19.1. The predicted molar refractivity (Wildman–Crippen MR) is 110 cm³/mol. The van der Waals surface area contributed by atoms with Crippen molar-refractivity contribution >= 4 is 33.8 Å². The summed E-state index contributed by atoms with van der Waals surface area (Å²) in [6.45, 7) is 1.76. The molecule has 2 amide bonds. The topological polar surface area (TPSA) is 67.2 Å². The number of nitrogens with zero attached hydrogens (tertiary/aromatic N) is 4. The molecule has 0 radical (unpaired) electrons. The molecule has 1 aromatic carbocycles. The van der Waals surface area contributed by atoms with Gasteiger partial charge in [0.05, 0.1) is 24.3 Å². The molecule has 0 N–H and O–H groups in total. The molecule has 4 heterocycles. The van der Waals surface area contributed by atoms with Crippen molar-refractivity contribution in [3.05, 3.63) is 47.7 Å². The van der Waals surface area contributed by atoms with E-state index in [1.165, 1.54) is 11.3 Å². The van der Waals surface area contributed by atoms with Gasteiger partial charge in [-0.05, 0) is 31.4 Å². The van der Waals surface area contributed by atoms with Gasteiger partial charge in [-0.25, -0.2) is 4.98 Å². The third-order valence-electron chi connectivity index (χ3n) is 5.49. The van der Waals surface area contributed by atoms with Crippen molar-refractivity contribution in [1.82, 2.24) is 14.3 Å². The number of aromatic nitrogens is 2. The Kier molecular flexibility index (Phi) is 4.71. The molecular formula is C21H22N4O3S. The number of likely N-dealkylation sites (tertiary alicyclic amines) is 1. The van der Waals surface area contributed by atoms with Crippen LogP contribution in [0.1, 0.15) is 25.0 Å². The smallest absolute Gasteiger partial charge is 0.265 e. The van der Waals surface area contributed by atoms with Crippen LogP contribution < -0.4 is 9.64 Å². The zero-order valence-electron chi connectivity index (χ0n) is 16.0. The number of rotatable bonds is 3. The highest BCUT2D eigenvalue weighted by molar-refractivity contribution is 7.15. The molecule has 150 valence electrons. The lowest BCUT2D eigenvalue weighted by atomic mass is 10.1. The summed E-state index contributed by atoms with van der Waals surface area (Å²) in [6, 6.07) is 7.42. The standard InChI is InChI=1S/C21H22N4O3S/c26-19(12-15-13-24-10-11-29-21(24)22-15)25-14-18(20(27)23-8-4-1-5-9-23)28-17-7-3-2-6-16(17)25/h2-3,6-7,10-11,13,18H,1,4-5,8-9,12,14H2/t18-/m1/s1. The molecule has 0 aliphatic carbocycles. The van der Waals surface area contributed by atoms with Crippen LogP contribution in [0.4, 0.5) is 5.69 Å². The average Bonchev–Trinajstić information content (AvgIpc) is 3.34. The second-order valence-electron chi connectivity index (χ2n) is 7.47. The van der Waals surface area contributed by atoms with Crippen LogP contribution in [0.15, 0.2) is 42.0 Å². The van der Waals surface area contributed by atoms with Gasteiger partial charge in [0.25, 0.3) is 5.91 Å². The van der Waals surface area contributed by atoms with Crippen LogP contribution in [-0.4, -0.2) is 51.8 Å². The Bertz CT molecular complexity index is 1020. The van der Waals surface area contributed by atoms with Crippen LogP contribution in [0, 0.1) is 0 Å². The summed E-state index contributed by atoms with van der Waals surface area (Å²) in [5.74, 6) is 0.468. The van der Waals surface area contributed by atoms with Crippen molar-refractivity contribution < 1.29 is 14.3 Å². The van der Waals surface area contributed by atoms with Crippen molar-refractivity contribution in [2.75, 3.05) is 24.5 Å². The van der Waals surface area contributed by atoms with E-state index in [1.54, 1.807) is 4.90 Å². The number of carbonyl (C=O) groups is 2. The van der Waals surface area contributed by atoms with Gasteiger partial charge in [-0.15, -0.1) is 11.3 Å². The van der Waals surface area contributed by atoms with Crippen molar-refractivity contribution in [2.24, 2.45) is 0 Å². The number of hydrogen-bond acceptors (Lipinski definition) is 5. The van der Waals surface area contributed by atoms with Gasteiger partial charge in [-0.1, -0.05) is 12.1 Å². The summed E-state index contributed by atoms with van der Waals surface area (Å²) in [4.78, 5) is 35.1. The quantitative estimate of drug-likeness (QED) is 0.666. The summed E-state index contributed by atoms with van der Waals surface area (Å²) in [5, 5.41) is 1.96. The molecule has 5 rings (SSSR count). The predicted octanol–water partition coefficient (Wildman–Crippen LogP) is 2.75. The van der Waals surface area contributed by atoms with E-state index in [0.717, 1.165) is 43.0 Å². The number of carbonyl (C=O) groups excluding carboxylic acids is 2. The lowest BCUT2D eigenvalue weighted by Gasteiger charge is -2.37. The molecule has 2 aliphatic rings. The molecule has 7 nitrogen and oxygen atoms in total. The molecular weight excluding hydrogens is 388 g/mol. The maximum absolute atomic E-state index is 13.2. The molecule has 8 heteroatoms. The zero-order valence-corrected chi connectivity index (χ0v) is 16.8. The SMILES string of the molecule is O=C([C@H]1CN(C(=O)Cc2cn3ccsc3n2)c2ccccc2O1)N1CCCCC1. The van der Waals surface area contributed by atoms with E-state index in [0.29, 0.717) is 11.4 Å². The first-order valence-corrected chi connectivity index (χ1v) is 10.8. The fourth-order valence-corrected chi connectivity index (χ4v) is 4.75. The van der Waals surface area contributed by atoms with Gasteiger partial charge in [0.2, 0.25) is 5.91 Å². The first-order chi connectivity index (χ1) is 14.2. The Morgan fingerprint density at radius 1 is 1.17 bits per heavy atom. The Hall–Kier alpha value is -2.87. The highest BCUT2D eigenvalue weighted by Gasteiger charge is 2.36. The van der Waals surface area contributed by atoms with Crippen LogP contribution in [0.2, 0.25) is 0 Å². The Labute approximate surface area is 172 Å². The van der Waals surface area contributed by atoms with Crippen LogP contribution in [0.25, 0.3) is 4.96 Å². The average molecular weight is 410 g/mol. The van der Waals surface area contributed by atoms with Gasteiger partial charge in [0.1, 0.15) is 5.75 Å². The number of hydrogen-bond donors (Lipinski definition) is 0. The first kappa shape index (κ1) is 18.2. The van der Waals surface area contributed by atoms with E-state index >= 15 is 0 Å². The molecule has 0 spiro atoms. The van der Waals surface area contributed by atoms with Crippen molar-refractivity contribution in [3.8, 4) is 5.75 Å². The minimum Gasteiger partial charge on any atom is -0.476 e. The van der Waals surface area contributed by atoms with Crippen molar-refractivity contribution in [1.29, 1.82) is 0 Å². The summed E-state index contributed by atoms with van der Waals surface area (Å²) in [6.07, 6.45) is 6.53. The number of thiazole rings is 1. The molecule has 3 aromatic rings. The van der Waals surface area contributed by atoms with Gasteiger partial charge in [-0.3, -0.25) is 14.0 Å². The third kappa shape index (κ3) is 3.48. The third-order valence-corrected chi connectivity index (χ3v) is 6.26. The van der Waals surface area contributed by atoms with E-state index in [2.05, 4.69) is 4.98 Å². The molecule has 1 fully saturated rings. The lowest BCUT2D eigenvalue weighted by molar-refractivity contribution is -0.139. The number of anilines is 1. The molecule has 1 atom stereocenters. The fourth-order valence-electron chi connectivity index (χ4n) is 4.03. The zero-order chi connectivity index (χ0) is 19.8. The minimum absolute atomic E-state index is 0.0282. The van der Waals surface area contributed by atoms with E-state index in [4.69, 9.17) is 4.74 Å². The Balaban J connectivity index is 1.38. The monoisotopic (exact) mass is 410 g/mol. The largest absolute Gasteiger partial charge is 0.476 e. The fraction of sp³-hybridized carbons (Fsp3) is 0.381. The Morgan fingerprint density at radius 3 is 2.83 bits per heavy atom. The van der Waals surface area contributed by atoms with Crippen molar-refractivity contribution in [2.45, 2.75) is 31.8 Å². The van der Waals surface area contributed by atoms with Crippen LogP contribution >= 0.6 is 11.3 Å². The second-order valence-corrected chi connectivity index (χ2v) is 8.34. The van der Waals surface area contributed by atoms with Gasteiger partial charge in [-0.2, -0.15) is 0 Å². The van der Waals surface area contributed by atoms with E-state index in [9.17, 15) is 9.59 Å². The number of imidazole rings is 1. The number of benzene rings is 1. The molecule has 0 bridgehead atoms. The number of fused-ring (bicyclic) bond motifs is 2. The molecule has 0 saturated carbocycles. The van der Waals surface area contributed by atoms with Gasteiger partial charge in [0, 0.05) is 30.9 Å². The summed E-state index contributed by atoms with van der Waals surface area (Å²) < 4.78 is 7.93. The highest BCUT2D eigenvalue weighted by Crippen LogP contribution is 2.34. The first-order valence-electron chi connectivity index (χ1n) is 9.95. The molecule has 2 aliphatic heterocycles. The van der Waals surface area contributed by atoms with Gasteiger partial charge < -0.3 is 14.5 Å². The van der Waals surface area contributed by atoms with Crippen LogP contribution in [0.3, 0.4) is 0 Å². The molecule has 2 aromatic heterocycles. The number of amides is 2. The summed E-state index contributed by atoms with van der Waals surface area (Å²) in [7, 11) is 0. The van der Waals surface area contributed by atoms with Gasteiger partial charge in [0.15, 0.2) is 11.1 Å². The van der Waals surface area contributed by atoms with E-state index in [1.807, 2.05) is 51.3 Å². The van der Waals surface area contributed by atoms with E-state index in [-0.39, 0.29) is 24.8 Å². The maximum atomic E-state index is 13.2. The number of ether oxygens (including phenoxy) is 1. The van der Waals surface area contributed by atoms with Crippen LogP contribution in [-0.2, 0) is 16.0 Å². The number of piperidine rings is 1. The van der Waals surface area contributed by atoms with Gasteiger partial charge >= 0.3 is 0 Å². The lowest BCUT2D eigenvalue weighted by Crippen LogP contribution is -2.53. The maximum Gasteiger partial charge on any atom is 0.265 e. The highest BCUT2D eigenvalue weighted by atomic mass is 32.1. The van der Waals surface area contributed by atoms with Crippen LogP contribution in [0.5, 0.6) is 5.75 Å². The molecule has 29 heavy (non-hydrogen) atoms. The van der Waals surface area contributed by atoms with Crippen molar-refractivity contribution in [3.63, 3.8) is 0 Å². The summed E-state index contributed by atoms with van der Waals surface area (Å²) in [5.41, 5.74) is 1.44. The Morgan fingerprint density at radius 2 is 2.00 bits per heavy atom. The van der Waals surface area contributed by atoms with E-state index < -0.39 is 6.10 Å². The molecule has 0 unspecified atom stereocenters. The molecule has 1 saturated heterocycles. The minimum atomic E-state index is -0.669. The second kappa shape index (κ2) is 7.51. The summed E-state index contributed by atoms with van der Waals surface area (Å²) >= 11 is 1.54. The number of para-hydroxylation sites is 2.